The van der Waals surface area contributed by atoms with Crippen molar-refractivity contribution in [3.05, 3.63) is 29.7 Å². The van der Waals surface area contributed by atoms with Gasteiger partial charge in [-0.2, -0.15) is 0 Å². The van der Waals surface area contributed by atoms with E-state index in [0.29, 0.717) is 24.1 Å². The van der Waals surface area contributed by atoms with Gasteiger partial charge in [0.15, 0.2) is 11.8 Å². The van der Waals surface area contributed by atoms with Crippen LogP contribution < -0.4 is 10.2 Å². The summed E-state index contributed by atoms with van der Waals surface area (Å²) >= 11 is 0. The number of amides is 1. The molecule has 1 aromatic heterocycles. The minimum absolute atomic E-state index is 0.110. The summed E-state index contributed by atoms with van der Waals surface area (Å²) in [4.78, 5) is 29.5. The van der Waals surface area contributed by atoms with Crippen LogP contribution in [0.25, 0.3) is 10.9 Å². The standard InChI is InChI=1S/C21H26FN3O5/c1-3-28-20(27)18-17(15-12-14(22)4-5-16(15)23-18)24-19(26)13(2)25-8-6-21(7-9-25)29-10-11-30-21/h4-5,12-13,23H,3,6-11H2,1-2H3,(H,24,26)/p+1/t13-/m1/s1. The number of aromatic amines is 1. The number of H-pyrrole nitrogens is 1. The van der Waals surface area contributed by atoms with Crippen molar-refractivity contribution in [1.82, 2.24) is 4.98 Å². The first-order valence-corrected chi connectivity index (χ1v) is 10.3. The fourth-order valence-electron chi connectivity index (χ4n) is 4.24. The lowest BCUT2D eigenvalue weighted by molar-refractivity contribution is -0.922. The zero-order valence-corrected chi connectivity index (χ0v) is 17.2. The van der Waals surface area contributed by atoms with Gasteiger partial charge < -0.3 is 29.4 Å². The Bertz CT molecular complexity index is 944. The fraction of sp³-hybridized carbons (Fsp3) is 0.524. The van der Waals surface area contributed by atoms with Crippen molar-refractivity contribution in [2.24, 2.45) is 0 Å². The van der Waals surface area contributed by atoms with E-state index in [0.717, 1.165) is 30.8 Å². The monoisotopic (exact) mass is 420 g/mol. The number of rotatable bonds is 5. The summed E-state index contributed by atoms with van der Waals surface area (Å²) in [7, 11) is 0. The zero-order chi connectivity index (χ0) is 21.3. The summed E-state index contributed by atoms with van der Waals surface area (Å²) in [5.41, 5.74) is 0.902. The van der Waals surface area contributed by atoms with Crippen LogP contribution in [0.1, 0.15) is 37.2 Å². The van der Waals surface area contributed by atoms with E-state index in [1.807, 2.05) is 6.92 Å². The van der Waals surface area contributed by atoms with Gasteiger partial charge in [-0.15, -0.1) is 0 Å². The van der Waals surface area contributed by atoms with Gasteiger partial charge in [0.1, 0.15) is 11.5 Å². The van der Waals surface area contributed by atoms with Gasteiger partial charge in [0.2, 0.25) is 0 Å². The molecule has 0 bridgehead atoms. The van der Waals surface area contributed by atoms with E-state index in [4.69, 9.17) is 14.2 Å². The van der Waals surface area contributed by atoms with Crippen molar-refractivity contribution in [3.8, 4) is 0 Å². The maximum Gasteiger partial charge on any atom is 0.356 e. The van der Waals surface area contributed by atoms with Crippen molar-refractivity contribution >= 4 is 28.5 Å². The zero-order valence-electron chi connectivity index (χ0n) is 17.2. The van der Waals surface area contributed by atoms with Gasteiger partial charge in [0.05, 0.1) is 51.4 Å². The second-order valence-corrected chi connectivity index (χ2v) is 7.76. The number of fused-ring (bicyclic) bond motifs is 1. The van der Waals surface area contributed by atoms with Crippen LogP contribution in [-0.2, 0) is 19.0 Å². The number of carbonyl (C=O) groups excluding carboxylic acids is 2. The Kier molecular flexibility index (Phi) is 5.77. The molecule has 2 aromatic rings. The number of hydrogen-bond donors (Lipinski definition) is 3. The smallest absolute Gasteiger partial charge is 0.356 e. The van der Waals surface area contributed by atoms with Crippen LogP contribution >= 0.6 is 0 Å². The van der Waals surface area contributed by atoms with Crippen molar-refractivity contribution in [2.75, 3.05) is 38.2 Å². The molecule has 3 heterocycles. The van der Waals surface area contributed by atoms with Crippen LogP contribution in [0.3, 0.4) is 0 Å². The highest BCUT2D eigenvalue weighted by Crippen LogP contribution is 2.30. The van der Waals surface area contributed by atoms with Crippen molar-refractivity contribution in [2.45, 2.75) is 38.5 Å². The lowest BCUT2D eigenvalue weighted by Crippen LogP contribution is -3.18. The third kappa shape index (κ3) is 3.92. The average Bonchev–Trinajstić information content (AvgIpc) is 3.33. The second-order valence-electron chi connectivity index (χ2n) is 7.76. The van der Waals surface area contributed by atoms with E-state index in [1.54, 1.807) is 6.92 Å². The second kappa shape index (κ2) is 8.33. The van der Waals surface area contributed by atoms with E-state index in [9.17, 15) is 14.0 Å². The maximum absolute atomic E-state index is 13.8. The summed E-state index contributed by atoms with van der Waals surface area (Å²) < 4.78 is 30.4. The van der Waals surface area contributed by atoms with E-state index < -0.39 is 17.6 Å². The molecule has 1 atom stereocenters. The Morgan fingerprint density at radius 1 is 1.30 bits per heavy atom. The van der Waals surface area contributed by atoms with Gasteiger partial charge in [-0.05, 0) is 32.0 Å². The third-order valence-electron chi connectivity index (χ3n) is 5.96. The van der Waals surface area contributed by atoms with Gasteiger partial charge in [-0.3, -0.25) is 4.79 Å². The molecule has 0 radical (unpaired) electrons. The molecule has 9 heteroatoms. The number of likely N-dealkylation sites (tertiary alicyclic amines) is 1. The summed E-state index contributed by atoms with van der Waals surface area (Å²) in [5.74, 6) is -1.79. The number of benzene rings is 1. The number of anilines is 1. The van der Waals surface area contributed by atoms with Gasteiger partial charge in [0, 0.05) is 10.9 Å². The normalized spacial score (nSPS) is 19.8. The number of nitrogens with one attached hydrogen (secondary N) is 3. The highest BCUT2D eigenvalue weighted by molar-refractivity contribution is 6.11. The number of aromatic nitrogens is 1. The lowest BCUT2D eigenvalue weighted by Gasteiger charge is -2.37. The molecule has 162 valence electrons. The predicted molar refractivity (Wildman–Crippen MR) is 107 cm³/mol. The Hall–Kier alpha value is -2.49. The van der Waals surface area contributed by atoms with Crippen molar-refractivity contribution in [3.63, 3.8) is 0 Å². The van der Waals surface area contributed by atoms with Crippen molar-refractivity contribution < 1.29 is 33.1 Å². The first kappa shape index (κ1) is 20.8. The highest BCUT2D eigenvalue weighted by atomic mass is 19.1. The molecule has 2 aliphatic heterocycles. The molecule has 0 aliphatic carbocycles. The fourth-order valence-corrected chi connectivity index (χ4v) is 4.24. The van der Waals surface area contributed by atoms with Crippen molar-refractivity contribution in [1.29, 1.82) is 0 Å². The highest BCUT2D eigenvalue weighted by Gasteiger charge is 2.43. The SMILES string of the molecule is CCOC(=O)c1[nH]c2ccc(F)cc2c1NC(=O)[C@@H](C)[NH+]1CCC2(CC1)OCCO2. The molecule has 3 N–H and O–H groups in total. The maximum atomic E-state index is 13.8. The number of esters is 1. The molecule has 2 aliphatic rings. The van der Waals surface area contributed by atoms with Crippen LogP contribution in [0.5, 0.6) is 0 Å². The molecule has 8 nitrogen and oxygen atoms in total. The Labute approximate surface area is 173 Å². The molecule has 1 spiro atoms. The predicted octanol–water partition coefficient (Wildman–Crippen LogP) is 1.23. The van der Waals surface area contributed by atoms with Crippen LogP contribution in [0.2, 0.25) is 0 Å². The van der Waals surface area contributed by atoms with Gasteiger partial charge in [0.25, 0.3) is 5.91 Å². The van der Waals surface area contributed by atoms with E-state index in [2.05, 4.69) is 10.3 Å². The molecule has 0 saturated carbocycles. The number of hydrogen-bond acceptors (Lipinski definition) is 5. The van der Waals surface area contributed by atoms with Crippen LogP contribution in [0.15, 0.2) is 18.2 Å². The molecular weight excluding hydrogens is 393 g/mol. The summed E-state index contributed by atoms with van der Waals surface area (Å²) in [5, 5.41) is 3.27. The number of quaternary nitrogens is 1. The summed E-state index contributed by atoms with van der Waals surface area (Å²) in [6.45, 7) is 6.43. The first-order valence-electron chi connectivity index (χ1n) is 10.3. The minimum Gasteiger partial charge on any atom is -0.461 e. The molecule has 2 saturated heterocycles. The van der Waals surface area contributed by atoms with Crippen LogP contribution in [-0.4, -0.2) is 61.6 Å². The molecule has 2 fully saturated rings. The number of halogens is 1. The Balaban J connectivity index is 1.52. The topological polar surface area (TPSA) is 94.1 Å². The number of carbonyl (C=O) groups is 2. The van der Waals surface area contributed by atoms with Gasteiger partial charge in [-0.25, -0.2) is 9.18 Å². The molecule has 0 unspecified atom stereocenters. The minimum atomic E-state index is -0.597. The summed E-state index contributed by atoms with van der Waals surface area (Å²) in [6.07, 6.45) is 1.46. The molecule has 30 heavy (non-hydrogen) atoms. The number of piperidine rings is 1. The third-order valence-corrected chi connectivity index (χ3v) is 5.96. The molecule has 1 amide bonds. The number of ether oxygens (including phenoxy) is 3. The molecular formula is C21H27FN3O5+. The van der Waals surface area contributed by atoms with Gasteiger partial charge >= 0.3 is 5.97 Å². The lowest BCUT2D eigenvalue weighted by atomic mass is 10.0. The first-order chi connectivity index (χ1) is 14.4. The largest absolute Gasteiger partial charge is 0.461 e. The van der Waals surface area contributed by atoms with Crippen LogP contribution in [0, 0.1) is 5.82 Å². The van der Waals surface area contributed by atoms with E-state index in [-0.39, 0.29) is 29.9 Å². The van der Waals surface area contributed by atoms with Gasteiger partial charge in [-0.1, -0.05) is 0 Å². The van der Waals surface area contributed by atoms with Crippen LogP contribution in [0.4, 0.5) is 10.1 Å². The van der Waals surface area contributed by atoms with E-state index >= 15 is 0 Å². The Morgan fingerprint density at radius 3 is 2.67 bits per heavy atom. The quantitative estimate of drug-likeness (QED) is 0.633. The Morgan fingerprint density at radius 2 is 2.00 bits per heavy atom. The molecule has 1 aromatic carbocycles. The summed E-state index contributed by atoms with van der Waals surface area (Å²) in [6, 6.07) is 3.75. The van der Waals surface area contributed by atoms with E-state index in [1.165, 1.54) is 18.2 Å². The average molecular weight is 420 g/mol. The molecule has 4 rings (SSSR count).